The maximum atomic E-state index is 12.1. The highest BCUT2D eigenvalue weighted by Crippen LogP contribution is 2.43. The smallest absolute Gasteiger partial charge is 0.400 e. The van der Waals surface area contributed by atoms with E-state index in [1.807, 2.05) is 9.44 Å². The van der Waals surface area contributed by atoms with Crippen molar-refractivity contribution in [2.75, 3.05) is 27.8 Å². The Bertz CT molecular complexity index is 928. The Morgan fingerprint density at radius 1 is 1.14 bits per heavy atom. The topological polar surface area (TPSA) is 182 Å². The second-order valence-electron chi connectivity index (χ2n) is 5.36. The first-order valence-electron chi connectivity index (χ1n) is 7.57. The van der Waals surface area contributed by atoms with E-state index in [-0.39, 0.29) is 5.76 Å². The molecule has 0 unspecified atom stereocenters. The molecule has 2 heterocycles. The summed E-state index contributed by atoms with van der Waals surface area (Å²) >= 11 is 0. The van der Waals surface area contributed by atoms with Crippen molar-refractivity contribution in [3.8, 4) is 0 Å². The van der Waals surface area contributed by atoms with Crippen LogP contribution in [0.25, 0.3) is 0 Å². The second-order valence-corrected chi connectivity index (χ2v) is 9.55. The zero-order valence-electron chi connectivity index (χ0n) is 15.1. The molecular weight excluding hydrogens is 448 g/mol. The molecule has 0 saturated carbocycles. The van der Waals surface area contributed by atoms with Crippen LogP contribution in [-0.4, -0.2) is 77.2 Å². The molecule has 0 spiro atoms. The molecule has 2 N–H and O–H groups in total. The van der Waals surface area contributed by atoms with Gasteiger partial charge in [0.2, 0.25) is 0 Å². The number of nitrogens with one attached hydrogen (secondary N) is 2. The van der Waals surface area contributed by atoms with Gasteiger partial charge in [-0.05, 0) is 13.0 Å². The van der Waals surface area contributed by atoms with Gasteiger partial charge in [-0.25, -0.2) is 16.7 Å². The predicted octanol–water partition coefficient (Wildman–Crippen LogP) is -2.38. The van der Waals surface area contributed by atoms with E-state index >= 15 is 0 Å². The number of allylic oxidation sites excluding steroid dienone is 1. The highest BCUT2D eigenvalue weighted by atomic mass is 32.3. The standard InChI is InChI=1S/C11H20N2O12S3/c1-5-8(20-4)11(25-27(16,17)13-3)10(24-26(14,15)12-2)9-7(6-21-11)22-28(18,19)23-9/h5,7,9-10,12-13H,6H2,1-4H3/t7-,9-,10+,11+/m1/s1. The van der Waals surface area contributed by atoms with Gasteiger partial charge in [-0.15, -0.1) is 0 Å². The number of ether oxygens (including phenoxy) is 2. The van der Waals surface area contributed by atoms with Gasteiger partial charge in [0.05, 0.1) is 13.7 Å². The van der Waals surface area contributed by atoms with Gasteiger partial charge in [0.1, 0.15) is 12.2 Å². The first-order valence-corrected chi connectivity index (χ1v) is 11.7. The molecule has 2 aliphatic rings. The molecular formula is C11H20N2O12S3. The third kappa shape index (κ3) is 4.64. The fourth-order valence-electron chi connectivity index (χ4n) is 2.59. The first-order chi connectivity index (χ1) is 12.9. The molecule has 2 fully saturated rings. The summed E-state index contributed by atoms with van der Waals surface area (Å²) in [5, 5.41) is 0. The van der Waals surface area contributed by atoms with Gasteiger partial charge in [-0.2, -0.15) is 34.7 Å². The molecule has 0 aromatic rings. The van der Waals surface area contributed by atoms with Crippen LogP contribution in [0.1, 0.15) is 6.92 Å². The summed E-state index contributed by atoms with van der Waals surface area (Å²) in [6, 6.07) is 0. The molecule has 28 heavy (non-hydrogen) atoms. The lowest BCUT2D eigenvalue weighted by atomic mass is 9.95. The van der Waals surface area contributed by atoms with Crippen molar-refractivity contribution >= 4 is 31.0 Å². The second kappa shape index (κ2) is 8.09. The molecule has 2 aliphatic heterocycles. The molecule has 0 aliphatic carbocycles. The molecule has 164 valence electrons. The minimum atomic E-state index is -4.53. The van der Waals surface area contributed by atoms with Crippen molar-refractivity contribution in [3.05, 3.63) is 11.8 Å². The van der Waals surface area contributed by atoms with E-state index in [2.05, 4.69) is 4.18 Å². The highest BCUT2D eigenvalue weighted by molar-refractivity contribution is 7.85. The van der Waals surface area contributed by atoms with Crippen LogP contribution in [0, 0.1) is 0 Å². The first kappa shape index (κ1) is 23.4. The summed E-state index contributed by atoms with van der Waals surface area (Å²) < 4.78 is 105. The minimum Gasteiger partial charge on any atom is -0.496 e. The normalized spacial score (nSPS) is 33.4. The number of fused-ring (bicyclic) bond motifs is 1. The Morgan fingerprint density at radius 3 is 2.25 bits per heavy atom. The maximum absolute atomic E-state index is 12.1. The Balaban J connectivity index is 2.68. The third-order valence-electron chi connectivity index (χ3n) is 3.76. The molecule has 17 heteroatoms. The van der Waals surface area contributed by atoms with Crippen molar-refractivity contribution < 1.29 is 51.5 Å². The molecule has 4 atom stereocenters. The lowest BCUT2D eigenvalue weighted by Gasteiger charge is -2.44. The van der Waals surface area contributed by atoms with E-state index in [0.29, 0.717) is 0 Å². The molecule has 0 bridgehead atoms. The van der Waals surface area contributed by atoms with Crippen molar-refractivity contribution in [2.24, 2.45) is 0 Å². The molecule has 14 nitrogen and oxygen atoms in total. The van der Waals surface area contributed by atoms with Crippen molar-refractivity contribution in [3.63, 3.8) is 0 Å². The van der Waals surface area contributed by atoms with Gasteiger partial charge in [0.25, 0.3) is 5.79 Å². The van der Waals surface area contributed by atoms with E-state index in [4.69, 9.17) is 22.0 Å². The fourth-order valence-corrected chi connectivity index (χ4v) is 4.84. The summed E-state index contributed by atoms with van der Waals surface area (Å²) in [7, 11) is -10.4. The van der Waals surface area contributed by atoms with Crippen LogP contribution in [0.5, 0.6) is 0 Å². The molecule has 0 aromatic heterocycles. The zero-order valence-corrected chi connectivity index (χ0v) is 17.6. The Kier molecular flexibility index (Phi) is 6.76. The van der Waals surface area contributed by atoms with Crippen molar-refractivity contribution in [1.29, 1.82) is 0 Å². The predicted molar refractivity (Wildman–Crippen MR) is 90.0 cm³/mol. The zero-order chi connectivity index (χ0) is 21.4. The molecule has 2 saturated heterocycles. The van der Waals surface area contributed by atoms with E-state index < -0.39 is 61.7 Å². The third-order valence-corrected chi connectivity index (χ3v) is 6.63. The van der Waals surface area contributed by atoms with E-state index in [1.165, 1.54) is 13.0 Å². The summed E-state index contributed by atoms with van der Waals surface area (Å²) in [5.74, 6) is -2.88. The largest absolute Gasteiger partial charge is 0.496 e. The van der Waals surface area contributed by atoms with Gasteiger partial charge in [-0.3, -0.25) is 0 Å². The van der Waals surface area contributed by atoms with Crippen LogP contribution in [0.4, 0.5) is 0 Å². The summed E-state index contributed by atoms with van der Waals surface area (Å²) in [6.07, 6.45) is -3.75. The van der Waals surface area contributed by atoms with Gasteiger partial charge < -0.3 is 9.47 Å². The highest BCUT2D eigenvalue weighted by Gasteiger charge is 2.64. The molecule has 0 radical (unpaired) electrons. The van der Waals surface area contributed by atoms with Gasteiger partial charge in [-0.1, -0.05) is 0 Å². The molecule has 0 amide bonds. The van der Waals surface area contributed by atoms with Gasteiger partial charge in [0.15, 0.2) is 11.9 Å². The van der Waals surface area contributed by atoms with E-state index in [9.17, 15) is 25.3 Å². The fraction of sp³-hybridized carbons (Fsp3) is 0.818. The summed E-state index contributed by atoms with van der Waals surface area (Å²) in [6.45, 7) is 0.862. The van der Waals surface area contributed by atoms with Crippen LogP contribution < -0.4 is 9.44 Å². The van der Waals surface area contributed by atoms with Crippen molar-refractivity contribution in [1.82, 2.24) is 9.44 Å². The summed E-state index contributed by atoms with van der Waals surface area (Å²) in [4.78, 5) is 0. The average molecular weight is 468 g/mol. The van der Waals surface area contributed by atoms with Crippen LogP contribution in [0.2, 0.25) is 0 Å². The quantitative estimate of drug-likeness (QED) is 0.361. The number of rotatable bonds is 8. The monoisotopic (exact) mass is 468 g/mol. The van der Waals surface area contributed by atoms with Crippen LogP contribution in [0.15, 0.2) is 11.8 Å². The SMILES string of the molecule is CC=C(OC)[C@@]1(OS(=O)(=O)NC)OC[C@H]2OS(=O)(=O)O[C@H]2[C@@H]1OS(=O)(=O)NC. The Labute approximate surface area is 162 Å². The Morgan fingerprint density at radius 2 is 1.75 bits per heavy atom. The van der Waals surface area contributed by atoms with E-state index in [0.717, 1.165) is 21.2 Å². The lowest BCUT2D eigenvalue weighted by molar-refractivity contribution is -0.276. The lowest BCUT2D eigenvalue weighted by Crippen LogP contribution is -2.65. The molecule has 0 aromatic carbocycles. The molecule has 2 rings (SSSR count). The number of methoxy groups -OCH3 is 1. The van der Waals surface area contributed by atoms with Crippen LogP contribution in [-0.2, 0) is 57.2 Å². The van der Waals surface area contributed by atoms with Crippen LogP contribution in [0.3, 0.4) is 0 Å². The maximum Gasteiger partial charge on any atom is 0.400 e. The minimum absolute atomic E-state index is 0.325. The summed E-state index contributed by atoms with van der Waals surface area (Å²) in [5.41, 5.74) is 0. The van der Waals surface area contributed by atoms with Crippen LogP contribution >= 0.6 is 0 Å². The number of hydrogen-bond donors (Lipinski definition) is 2. The van der Waals surface area contributed by atoms with E-state index in [1.54, 1.807) is 0 Å². The van der Waals surface area contributed by atoms with Crippen molar-refractivity contribution in [2.45, 2.75) is 31.0 Å². The van der Waals surface area contributed by atoms with Gasteiger partial charge >= 0.3 is 31.0 Å². The number of hydrogen-bond acceptors (Lipinski definition) is 12. The average Bonchev–Trinajstić information content (AvgIpc) is 2.93. The Hall–Kier alpha value is -0.890. The van der Waals surface area contributed by atoms with Gasteiger partial charge in [0, 0.05) is 14.1 Å².